The van der Waals surface area contributed by atoms with Crippen molar-refractivity contribution in [3.05, 3.63) is 18.0 Å². The monoisotopic (exact) mass is 247 g/mol. The second-order valence-corrected chi connectivity index (χ2v) is 6.40. The molecule has 1 heterocycles. The van der Waals surface area contributed by atoms with E-state index in [1.807, 2.05) is 0 Å². The molecule has 2 aliphatic carbocycles. The molecular formula is C15H25N3. The summed E-state index contributed by atoms with van der Waals surface area (Å²) < 4.78 is 2.08. The largest absolute Gasteiger partial charge is 0.327 e. The van der Waals surface area contributed by atoms with Crippen molar-refractivity contribution in [3.63, 3.8) is 0 Å². The zero-order valence-electron chi connectivity index (χ0n) is 11.5. The number of nitrogens with two attached hydrogens (primary N) is 1. The Labute approximate surface area is 110 Å². The minimum atomic E-state index is 0.318. The van der Waals surface area contributed by atoms with Crippen LogP contribution in [-0.2, 0) is 6.42 Å². The van der Waals surface area contributed by atoms with Gasteiger partial charge in [-0.3, -0.25) is 4.68 Å². The van der Waals surface area contributed by atoms with E-state index in [1.54, 1.807) is 0 Å². The third kappa shape index (κ3) is 2.33. The van der Waals surface area contributed by atoms with E-state index in [0.717, 1.165) is 30.6 Å². The van der Waals surface area contributed by atoms with Gasteiger partial charge in [-0.1, -0.05) is 6.92 Å². The third-order valence-electron chi connectivity index (χ3n) is 5.04. The quantitative estimate of drug-likeness (QED) is 0.869. The number of aromatic nitrogens is 2. The van der Waals surface area contributed by atoms with Crippen LogP contribution >= 0.6 is 0 Å². The highest BCUT2D eigenvalue weighted by Crippen LogP contribution is 2.55. The van der Waals surface area contributed by atoms with Crippen molar-refractivity contribution in [1.82, 2.24) is 9.78 Å². The predicted octanol–water partition coefficient (Wildman–Crippen LogP) is 2.77. The summed E-state index contributed by atoms with van der Waals surface area (Å²) >= 11 is 0. The Balaban J connectivity index is 1.56. The SMILES string of the molecule is CCC(C)n1ccc(CC(N)C2CC3CC3C2)n1. The summed E-state index contributed by atoms with van der Waals surface area (Å²) in [5, 5.41) is 4.66. The zero-order valence-corrected chi connectivity index (χ0v) is 11.5. The maximum Gasteiger partial charge on any atom is 0.0640 e. The van der Waals surface area contributed by atoms with Crippen LogP contribution in [0.5, 0.6) is 0 Å². The van der Waals surface area contributed by atoms with E-state index in [9.17, 15) is 0 Å². The fourth-order valence-corrected chi connectivity index (χ4v) is 3.44. The van der Waals surface area contributed by atoms with Gasteiger partial charge in [0.05, 0.1) is 5.69 Å². The van der Waals surface area contributed by atoms with Gasteiger partial charge in [0.1, 0.15) is 0 Å². The summed E-state index contributed by atoms with van der Waals surface area (Å²) in [5.74, 6) is 2.81. The molecule has 0 saturated heterocycles. The van der Waals surface area contributed by atoms with Crippen LogP contribution in [0.3, 0.4) is 0 Å². The molecule has 2 aliphatic rings. The first-order valence-corrected chi connectivity index (χ1v) is 7.47. The van der Waals surface area contributed by atoms with Gasteiger partial charge in [-0.25, -0.2) is 0 Å². The second kappa shape index (κ2) is 4.69. The molecule has 0 bridgehead atoms. The Morgan fingerprint density at radius 2 is 2.11 bits per heavy atom. The maximum atomic E-state index is 6.36. The van der Waals surface area contributed by atoms with Crippen LogP contribution < -0.4 is 5.73 Å². The first-order chi connectivity index (χ1) is 8.67. The van der Waals surface area contributed by atoms with Crippen molar-refractivity contribution in [3.8, 4) is 0 Å². The topological polar surface area (TPSA) is 43.8 Å². The van der Waals surface area contributed by atoms with Crippen molar-refractivity contribution in [1.29, 1.82) is 0 Å². The van der Waals surface area contributed by atoms with Crippen LogP contribution in [0.4, 0.5) is 0 Å². The molecule has 0 amide bonds. The van der Waals surface area contributed by atoms with E-state index in [2.05, 4.69) is 35.9 Å². The van der Waals surface area contributed by atoms with E-state index < -0.39 is 0 Å². The van der Waals surface area contributed by atoms with E-state index in [4.69, 9.17) is 5.73 Å². The normalized spacial score (nSPS) is 33.2. The zero-order chi connectivity index (χ0) is 12.7. The van der Waals surface area contributed by atoms with Gasteiger partial charge in [-0.05, 0) is 56.4 Å². The molecule has 0 aromatic carbocycles. The highest BCUT2D eigenvalue weighted by molar-refractivity contribution is 5.05. The lowest BCUT2D eigenvalue weighted by atomic mass is 9.92. The van der Waals surface area contributed by atoms with Gasteiger partial charge in [0.15, 0.2) is 0 Å². The van der Waals surface area contributed by atoms with E-state index in [1.165, 1.54) is 25.0 Å². The third-order valence-corrected chi connectivity index (χ3v) is 5.04. The summed E-state index contributed by atoms with van der Waals surface area (Å²) in [4.78, 5) is 0. The van der Waals surface area contributed by atoms with Gasteiger partial charge in [-0.15, -0.1) is 0 Å². The molecule has 18 heavy (non-hydrogen) atoms. The van der Waals surface area contributed by atoms with Gasteiger partial charge >= 0.3 is 0 Å². The standard InChI is InChI=1S/C15H25N3/c1-3-10(2)18-5-4-14(17-18)9-15(16)13-7-11-6-12(11)8-13/h4-5,10-13,15H,3,6-9,16H2,1-2H3. The van der Waals surface area contributed by atoms with Gasteiger partial charge in [0.2, 0.25) is 0 Å². The Kier molecular flexibility index (Phi) is 3.18. The molecule has 3 rings (SSSR count). The highest BCUT2D eigenvalue weighted by atomic mass is 15.3. The molecule has 2 N–H and O–H groups in total. The summed E-state index contributed by atoms with van der Waals surface area (Å²) in [5.41, 5.74) is 7.53. The molecule has 0 radical (unpaired) electrons. The van der Waals surface area contributed by atoms with Crippen molar-refractivity contribution in [2.24, 2.45) is 23.5 Å². The number of hydrogen-bond acceptors (Lipinski definition) is 2. The fraction of sp³-hybridized carbons (Fsp3) is 0.800. The Hall–Kier alpha value is -0.830. The van der Waals surface area contributed by atoms with Crippen molar-refractivity contribution in [2.75, 3.05) is 0 Å². The van der Waals surface area contributed by atoms with E-state index >= 15 is 0 Å². The average molecular weight is 247 g/mol. The van der Waals surface area contributed by atoms with Crippen molar-refractivity contribution in [2.45, 2.75) is 58.0 Å². The van der Waals surface area contributed by atoms with Crippen LogP contribution in [0.25, 0.3) is 0 Å². The van der Waals surface area contributed by atoms with Crippen LogP contribution in [0.1, 0.15) is 51.3 Å². The first-order valence-electron chi connectivity index (χ1n) is 7.47. The summed E-state index contributed by atoms with van der Waals surface area (Å²) in [6.45, 7) is 4.41. The molecule has 100 valence electrons. The Morgan fingerprint density at radius 3 is 2.78 bits per heavy atom. The van der Waals surface area contributed by atoms with Gasteiger partial charge < -0.3 is 5.73 Å². The molecule has 3 nitrogen and oxygen atoms in total. The molecule has 2 fully saturated rings. The number of nitrogens with zero attached hydrogens (tertiary/aromatic N) is 2. The number of hydrogen-bond donors (Lipinski definition) is 1. The second-order valence-electron chi connectivity index (χ2n) is 6.40. The first kappa shape index (κ1) is 12.2. The molecule has 2 saturated carbocycles. The lowest BCUT2D eigenvalue weighted by molar-refractivity contribution is 0.387. The number of fused-ring (bicyclic) bond motifs is 1. The molecule has 4 unspecified atom stereocenters. The summed E-state index contributed by atoms with van der Waals surface area (Å²) in [7, 11) is 0. The molecule has 1 aromatic rings. The van der Waals surface area contributed by atoms with Crippen molar-refractivity contribution < 1.29 is 0 Å². The predicted molar refractivity (Wildman–Crippen MR) is 73.2 cm³/mol. The van der Waals surface area contributed by atoms with Crippen molar-refractivity contribution >= 4 is 0 Å². The smallest absolute Gasteiger partial charge is 0.0640 e. The molecule has 0 spiro atoms. The van der Waals surface area contributed by atoms with Gasteiger partial charge in [0, 0.05) is 24.7 Å². The Morgan fingerprint density at radius 1 is 1.39 bits per heavy atom. The van der Waals surface area contributed by atoms with Gasteiger partial charge in [0.25, 0.3) is 0 Å². The van der Waals surface area contributed by atoms with Crippen LogP contribution in [0.2, 0.25) is 0 Å². The maximum absolute atomic E-state index is 6.36. The van der Waals surface area contributed by atoms with Gasteiger partial charge in [-0.2, -0.15) is 5.10 Å². The molecular weight excluding hydrogens is 222 g/mol. The lowest BCUT2D eigenvalue weighted by Crippen LogP contribution is -2.31. The molecule has 0 aliphatic heterocycles. The Bertz CT molecular complexity index is 402. The molecule has 3 heteroatoms. The highest BCUT2D eigenvalue weighted by Gasteiger charge is 2.47. The van der Waals surface area contributed by atoms with E-state index in [0.29, 0.717) is 12.1 Å². The van der Waals surface area contributed by atoms with Crippen LogP contribution in [0.15, 0.2) is 12.3 Å². The molecule has 1 aromatic heterocycles. The minimum absolute atomic E-state index is 0.318. The average Bonchev–Trinajstić information content (AvgIpc) is 2.81. The number of rotatable bonds is 5. The fourth-order valence-electron chi connectivity index (χ4n) is 3.44. The molecule has 4 atom stereocenters. The summed E-state index contributed by atoms with van der Waals surface area (Å²) in [6.07, 6.45) is 8.40. The lowest BCUT2D eigenvalue weighted by Gasteiger charge is -2.19. The summed E-state index contributed by atoms with van der Waals surface area (Å²) in [6, 6.07) is 2.95. The van der Waals surface area contributed by atoms with Crippen LogP contribution in [-0.4, -0.2) is 15.8 Å². The van der Waals surface area contributed by atoms with Crippen LogP contribution in [0, 0.1) is 17.8 Å². The minimum Gasteiger partial charge on any atom is -0.327 e. The van der Waals surface area contributed by atoms with E-state index in [-0.39, 0.29) is 0 Å².